The van der Waals surface area contributed by atoms with Crippen molar-refractivity contribution in [1.82, 2.24) is 9.97 Å². The molecule has 0 bridgehead atoms. The van der Waals surface area contributed by atoms with Gasteiger partial charge in [0.2, 0.25) is 0 Å². The van der Waals surface area contributed by atoms with Gasteiger partial charge in [-0.25, -0.2) is 4.98 Å². The molecule has 0 fully saturated rings. The Labute approximate surface area is 115 Å². The van der Waals surface area contributed by atoms with Crippen LogP contribution in [0.3, 0.4) is 0 Å². The molecule has 0 aliphatic rings. The predicted octanol–water partition coefficient (Wildman–Crippen LogP) is 3.61. The van der Waals surface area contributed by atoms with Crippen LogP contribution in [-0.4, -0.2) is 9.97 Å². The van der Waals surface area contributed by atoms with Crippen LogP contribution in [0.2, 0.25) is 10.0 Å². The van der Waals surface area contributed by atoms with Crippen LogP contribution in [0.5, 0.6) is 0 Å². The standard InChI is InChI=1S/C13H12Cl2N2O/c1-3-8-7(2)16-12(17-13(8)18)11-9(14)5-4-6-10(11)15/h4-6H,3H2,1-2H3,(H,16,17,18). The molecule has 0 saturated heterocycles. The highest BCUT2D eigenvalue weighted by Gasteiger charge is 2.13. The lowest BCUT2D eigenvalue weighted by atomic mass is 10.1. The number of aryl methyl sites for hydroxylation is 1. The summed E-state index contributed by atoms with van der Waals surface area (Å²) in [5.74, 6) is 0.408. The number of nitrogens with one attached hydrogen (secondary N) is 1. The van der Waals surface area contributed by atoms with Crippen molar-refractivity contribution in [1.29, 1.82) is 0 Å². The lowest BCUT2D eigenvalue weighted by Crippen LogP contribution is -2.16. The Kier molecular flexibility index (Phi) is 3.73. The first kappa shape index (κ1) is 13.1. The Morgan fingerprint density at radius 2 is 1.89 bits per heavy atom. The van der Waals surface area contributed by atoms with E-state index >= 15 is 0 Å². The van der Waals surface area contributed by atoms with Crippen LogP contribution in [0.4, 0.5) is 0 Å². The molecule has 0 spiro atoms. The second kappa shape index (κ2) is 5.12. The summed E-state index contributed by atoms with van der Waals surface area (Å²) >= 11 is 12.2. The SMILES string of the molecule is CCc1c(C)nc(-c2c(Cl)cccc2Cl)[nH]c1=O. The fourth-order valence-electron chi connectivity index (χ4n) is 1.87. The fraction of sp³-hybridized carbons (Fsp3) is 0.231. The average molecular weight is 283 g/mol. The van der Waals surface area contributed by atoms with Gasteiger partial charge in [-0.15, -0.1) is 0 Å². The molecule has 18 heavy (non-hydrogen) atoms. The first-order valence-corrected chi connectivity index (χ1v) is 6.34. The lowest BCUT2D eigenvalue weighted by Gasteiger charge is -2.08. The molecule has 0 amide bonds. The molecule has 3 nitrogen and oxygen atoms in total. The fourth-order valence-corrected chi connectivity index (χ4v) is 2.45. The summed E-state index contributed by atoms with van der Waals surface area (Å²) in [6.45, 7) is 3.73. The van der Waals surface area contributed by atoms with Crippen LogP contribution < -0.4 is 5.56 Å². The molecule has 0 unspecified atom stereocenters. The summed E-state index contributed by atoms with van der Waals surface area (Å²) < 4.78 is 0. The van der Waals surface area contributed by atoms with E-state index in [2.05, 4.69) is 9.97 Å². The zero-order valence-electron chi connectivity index (χ0n) is 10.1. The molecular weight excluding hydrogens is 271 g/mol. The second-order valence-electron chi connectivity index (χ2n) is 3.93. The van der Waals surface area contributed by atoms with Gasteiger partial charge in [0.15, 0.2) is 0 Å². The van der Waals surface area contributed by atoms with Crippen molar-refractivity contribution in [3.8, 4) is 11.4 Å². The molecule has 0 aliphatic carbocycles. The molecule has 1 heterocycles. The molecule has 2 rings (SSSR count). The number of nitrogens with zero attached hydrogens (tertiary/aromatic N) is 1. The molecule has 1 N–H and O–H groups in total. The van der Waals surface area contributed by atoms with Crippen LogP contribution in [0.15, 0.2) is 23.0 Å². The van der Waals surface area contributed by atoms with E-state index in [-0.39, 0.29) is 5.56 Å². The molecule has 0 saturated carbocycles. The van der Waals surface area contributed by atoms with E-state index in [1.807, 2.05) is 13.8 Å². The van der Waals surface area contributed by atoms with Crippen LogP contribution in [0, 0.1) is 6.92 Å². The minimum Gasteiger partial charge on any atom is -0.306 e. The number of hydrogen-bond acceptors (Lipinski definition) is 2. The van der Waals surface area contributed by atoms with Crippen molar-refractivity contribution in [2.75, 3.05) is 0 Å². The van der Waals surface area contributed by atoms with E-state index in [0.29, 0.717) is 39.1 Å². The van der Waals surface area contributed by atoms with Gasteiger partial charge in [-0.3, -0.25) is 4.79 Å². The maximum atomic E-state index is 11.9. The molecule has 1 aromatic carbocycles. The molecule has 0 radical (unpaired) electrons. The van der Waals surface area contributed by atoms with Gasteiger partial charge < -0.3 is 4.98 Å². The first-order valence-electron chi connectivity index (χ1n) is 5.58. The summed E-state index contributed by atoms with van der Waals surface area (Å²) in [5.41, 5.74) is 1.80. The first-order chi connectivity index (χ1) is 8.54. The maximum absolute atomic E-state index is 11.9. The van der Waals surface area contributed by atoms with Crippen LogP contribution in [0.25, 0.3) is 11.4 Å². The monoisotopic (exact) mass is 282 g/mol. The van der Waals surface area contributed by atoms with Gasteiger partial charge >= 0.3 is 0 Å². The van der Waals surface area contributed by atoms with Crippen molar-refractivity contribution in [2.45, 2.75) is 20.3 Å². The predicted molar refractivity (Wildman–Crippen MR) is 74.4 cm³/mol. The third-order valence-electron chi connectivity index (χ3n) is 2.78. The topological polar surface area (TPSA) is 45.8 Å². The van der Waals surface area contributed by atoms with Crippen molar-refractivity contribution in [2.24, 2.45) is 0 Å². The van der Waals surface area contributed by atoms with Gasteiger partial charge in [0.25, 0.3) is 5.56 Å². The number of benzene rings is 1. The van der Waals surface area contributed by atoms with E-state index in [1.165, 1.54) is 0 Å². The van der Waals surface area contributed by atoms with Crippen LogP contribution in [0.1, 0.15) is 18.2 Å². The van der Waals surface area contributed by atoms with Gasteiger partial charge in [0.1, 0.15) is 5.82 Å². The molecule has 5 heteroatoms. The number of halogens is 2. The Hall–Kier alpha value is -1.32. The quantitative estimate of drug-likeness (QED) is 0.915. The van der Waals surface area contributed by atoms with Gasteiger partial charge in [-0.2, -0.15) is 0 Å². The van der Waals surface area contributed by atoms with E-state index in [1.54, 1.807) is 18.2 Å². The Morgan fingerprint density at radius 1 is 1.28 bits per heavy atom. The summed E-state index contributed by atoms with van der Waals surface area (Å²) in [5, 5.41) is 0.934. The Bertz CT molecular complexity index is 630. The highest BCUT2D eigenvalue weighted by atomic mass is 35.5. The molecule has 0 atom stereocenters. The number of H-pyrrole nitrogens is 1. The highest BCUT2D eigenvalue weighted by molar-refractivity contribution is 6.38. The number of aromatic amines is 1. The van der Waals surface area contributed by atoms with E-state index in [9.17, 15) is 4.79 Å². The van der Waals surface area contributed by atoms with Gasteiger partial charge in [0, 0.05) is 11.3 Å². The van der Waals surface area contributed by atoms with E-state index in [4.69, 9.17) is 23.2 Å². The second-order valence-corrected chi connectivity index (χ2v) is 4.74. The largest absolute Gasteiger partial charge is 0.306 e. The van der Waals surface area contributed by atoms with E-state index < -0.39 is 0 Å². The van der Waals surface area contributed by atoms with Crippen LogP contribution in [-0.2, 0) is 6.42 Å². The minimum atomic E-state index is -0.143. The molecule has 1 aromatic heterocycles. The number of aromatic nitrogens is 2. The third kappa shape index (κ3) is 2.28. The molecule has 2 aromatic rings. The van der Waals surface area contributed by atoms with Crippen molar-refractivity contribution in [3.05, 3.63) is 49.9 Å². The van der Waals surface area contributed by atoms with Crippen molar-refractivity contribution < 1.29 is 0 Å². The Balaban J connectivity index is 2.70. The zero-order valence-corrected chi connectivity index (χ0v) is 11.6. The normalized spacial score (nSPS) is 10.7. The van der Waals surface area contributed by atoms with Crippen molar-refractivity contribution >= 4 is 23.2 Å². The summed E-state index contributed by atoms with van der Waals surface area (Å²) in [6, 6.07) is 5.18. The lowest BCUT2D eigenvalue weighted by molar-refractivity contribution is 0.968. The summed E-state index contributed by atoms with van der Waals surface area (Å²) in [4.78, 5) is 19.0. The summed E-state index contributed by atoms with van der Waals surface area (Å²) in [7, 11) is 0. The minimum absolute atomic E-state index is 0.143. The van der Waals surface area contributed by atoms with Crippen LogP contribution >= 0.6 is 23.2 Å². The average Bonchev–Trinajstić information content (AvgIpc) is 2.28. The molecule has 94 valence electrons. The zero-order chi connectivity index (χ0) is 13.3. The highest BCUT2D eigenvalue weighted by Crippen LogP contribution is 2.31. The van der Waals surface area contributed by atoms with Gasteiger partial charge in [-0.05, 0) is 25.5 Å². The smallest absolute Gasteiger partial charge is 0.254 e. The van der Waals surface area contributed by atoms with Gasteiger partial charge in [-0.1, -0.05) is 36.2 Å². The number of rotatable bonds is 2. The Morgan fingerprint density at radius 3 is 2.39 bits per heavy atom. The molecular formula is C13H12Cl2N2O. The van der Waals surface area contributed by atoms with Crippen molar-refractivity contribution in [3.63, 3.8) is 0 Å². The number of hydrogen-bond donors (Lipinski definition) is 1. The molecule has 0 aliphatic heterocycles. The maximum Gasteiger partial charge on any atom is 0.254 e. The summed E-state index contributed by atoms with van der Waals surface area (Å²) in [6.07, 6.45) is 0.644. The van der Waals surface area contributed by atoms with Gasteiger partial charge in [0.05, 0.1) is 15.6 Å². The third-order valence-corrected chi connectivity index (χ3v) is 3.41. The van der Waals surface area contributed by atoms with E-state index in [0.717, 1.165) is 0 Å².